The zero-order valence-corrected chi connectivity index (χ0v) is 12.1. The van der Waals surface area contributed by atoms with Crippen molar-refractivity contribution in [3.63, 3.8) is 0 Å². The first-order chi connectivity index (χ1) is 9.58. The summed E-state index contributed by atoms with van der Waals surface area (Å²) in [6.07, 6.45) is 4.17. The fourth-order valence-electron chi connectivity index (χ4n) is 2.75. The maximum absolute atomic E-state index is 12.5. The third kappa shape index (κ3) is 2.43. The summed E-state index contributed by atoms with van der Waals surface area (Å²) in [6, 6.07) is 4.84. The van der Waals surface area contributed by atoms with Crippen molar-refractivity contribution in [1.82, 2.24) is 15.0 Å². The van der Waals surface area contributed by atoms with E-state index in [0.29, 0.717) is 11.4 Å². The minimum Gasteiger partial charge on any atom is -0.243 e. The van der Waals surface area contributed by atoms with Crippen LogP contribution in [0.3, 0.4) is 0 Å². The molecule has 2 atom stereocenters. The molecule has 1 aliphatic carbocycles. The molecule has 1 aliphatic rings. The van der Waals surface area contributed by atoms with Crippen LogP contribution in [0.15, 0.2) is 27.7 Å². The van der Waals surface area contributed by atoms with Gasteiger partial charge in [0.1, 0.15) is 10.4 Å². The molecule has 0 saturated heterocycles. The van der Waals surface area contributed by atoms with Gasteiger partial charge >= 0.3 is 0 Å². The fraction of sp³-hybridized carbons (Fsp3) is 0.538. The van der Waals surface area contributed by atoms with E-state index in [0.717, 1.165) is 19.3 Å². The lowest BCUT2D eigenvalue weighted by Gasteiger charge is -2.29. The van der Waals surface area contributed by atoms with E-state index in [9.17, 15) is 8.42 Å². The highest BCUT2D eigenvalue weighted by Crippen LogP contribution is 2.26. The summed E-state index contributed by atoms with van der Waals surface area (Å²) in [6.45, 7) is 2.09. The molecule has 0 bridgehead atoms. The normalized spacial score (nSPS) is 24.1. The van der Waals surface area contributed by atoms with Gasteiger partial charge in [-0.15, -0.1) is 0 Å². The van der Waals surface area contributed by atoms with E-state index in [1.54, 1.807) is 12.1 Å². The summed E-state index contributed by atoms with van der Waals surface area (Å²) in [5, 5.41) is 7.37. The molecule has 1 heterocycles. The van der Waals surface area contributed by atoms with Crippen molar-refractivity contribution in [1.29, 1.82) is 0 Å². The SMILES string of the molecule is C[C@@H]1CCCC[C@@H]1NS(=O)(=O)c1cccc2nonc12. The standard InChI is InChI=1S/C13H17N3O3S/c1-9-5-2-3-6-10(9)16-20(17,18)12-8-4-7-11-13(12)15-19-14-11/h4,7-10,16H,2-3,5-6H2,1H3/t9-,10+/m1/s1. The van der Waals surface area contributed by atoms with Crippen molar-refractivity contribution < 1.29 is 13.0 Å². The third-order valence-corrected chi connectivity index (χ3v) is 5.48. The van der Waals surface area contributed by atoms with E-state index in [4.69, 9.17) is 0 Å². The van der Waals surface area contributed by atoms with Gasteiger partial charge in [0.2, 0.25) is 10.0 Å². The molecule has 2 aromatic rings. The predicted octanol–water partition coefficient (Wildman–Crippen LogP) is 2.08. The summed E-state index contributed by atoms with van der Waals surface area (Å²) in [4.78, 5) is 0.133. The van der Waals surface area contributed by atoms with Crippen molar-refractivity contribution in [2.45, 2.75) is 43.5 Å². The zero-order chi connectivity index (χ0) is 14.2. The summed E-state index contributed by atoms with van der Waals surface area (Å²) in [5.41, 5.74) is 0.730. The minimum absolute atomic E-state index is 0.0103. The second-order valence-corrected chi connectivity index (χ2v) is 7.06. The van der Waals surface area contributed by atoms with Gasteiger partial charge in [-0.05, 0) is 41.2 Å². The Balaban J connectivity index is 1.93. The number of fused-ring (bicyclic) bond motifs is 1. The van der Waals surface area contributed by atoms with E-state index in [2.05, 4.69) is 26.6 Å². The van der Waals surface area contributed by atoms with Crippen LogP contribution >= 0.6 is 0 Å². The van der Waals surface area contributed by atoms with Crippen LogP contribution in [0.4, 0.5) is 0 Å². The van der Waals surface area contributed by atoms with Crippen LogP contribution in [0, 0.1) is 5.92 Å². The van der Waals surface area contributed by atoms with Gasteiger partial charge in [-0.25, -0.2) is 17.8 Å². The molecule has 0 spiro atoms. The largest absolute Gasteiger partial charge is 0.243 e. The monoisotopic (exact) mass is 295 g/mol. The van der Waals surface area contributed by atoms with Gasteiger partial charge in [-0.3, -0.25) is 0 Å². The Bertz CT molecular complexity index is 710. The van der Waals surface area contributed by atoms with Gasteiger partial charge in [-0.1, -0.05) is 25.8 Å². The molecule has 6 nitrogen and oxygen atoms in total. The lowest BCUT2D eigenvalue weighted by Crippen LogP contribution is -2.41. The number of benzene rings is 1. The molecule has 20 heavy (non-hydrogen) atoms. The van der Waals surface area contributed by atoms with Crippen molar-refractivity contribution in [3.8, 4) is 0 Å². The van der Waals surface area contributed by atoms with Crippen LogP contribution < -0.4 is 4.72 Å². The van der Waals surface area contributed by atoms with Crippen molar-refractivity contribution >= 4 is 21.1 Å². The summed E-state index contributed by atoms with van der Waals surface area (Å²) in [5.74, 6) is 0.355. The van der Waals surface area contributed by atoms with Gasteiger partial charge < -0.3 is 0 Å². The molecule has 1 N–H and O–H groups in total. The first-order valence-electron chi connectivity index (χ1n) is 6.81. The third-order valence-electron chi connectivity index (χ3n) is 3.96. The highest BCUT2D eigenvalue weighted by atomic mass is 32.2. The summed E-state index contributed by atoms with van der Waals surface area (Å²) < 4.78 is 32.5. The van der Waals surface area contributed by atoms with Gasteiger partial charge in [0, 0.05) is 6.04 Å². The number of nitrogens with zero attached hydrogens (tertiary/aromatic N) is 2. The van der Waals surface area contributed by atoms with E-state index < -0.39 is 10.0 Å². The highest BCUT2D eigenvalue weighted by molar-refractivity contribution is 7.89. The molecule has 1 fully saturated rings. The lowest BCUT2D eigenvalue weighted by atomic mass is 9.87. The first-order valence-corrected chi connectivity index (χ1v) is 8.30. The van der Waals surface area contributed by atoms with Gasteiger partial charge in [0.25, 0.3) is 0 Å². The van der Waals surface area contributed by atoms with Crippen molar-refractivity contribution in [2.75, 3.05) is 0 Å². The topological polar surface area (TPSA) is 85.1 Å². The van der Waals surface area contributed by atoms with Crippen LogP contribution in [-0.2, 0) is 10.0 Å². The van der Waals surface area contributed by atoms with Gasteiger partial charge in [0.15, 0.2) is 5.52 Å². The molecule has 7 heteroatoms. The summed E-state index contributed by atoms with van der Waals surface area (Å²) in [7, 11) is -3.60. The number of hydrogen-bond donors (Lipinski definition) is 1. The van der Waals surface area contributed by atoms with E-state index in [1.165, 1.54) is 12.5 Å². The molecule has 108 valence electrons. The molecule has 3 rings (SSSR count). The highest BCUT2D eigenvalue weighted by Gasteiger charge is 2.28. The van der Waals surface area contributed by atoms with Crippen molar-refractivity contribution in [3.05, 3.63) is 18.2 Å². The van der Waals surface area contributed by atoms with Crippen LogP contribution in [0.1, 0.15) is 32.6 Å². The Hall–Kier alpha value is -1.47. The molecule has 0 radical (unpaired) electrons. The lowest BCUT2D eigenvalue weighted by molar-refractivity contribution is 0.310. The van der Waals surface area contributed by atoms with Crippen LogP contribution in [0.5, 0.6) is 0 Å². The Morgan fingerprint density at radius 3 is 2.85 bits per heavy atom. The molecular weight excluding hydrogens is 278 g/mol. The Kier molecular flexibility index (Phi) is 3.47. The van der Waals surface area contributed by atoms with Crippen LogP contribution in [-0.4, -0.2) is 24.8 Å². The maximum atomic E-state index is 12.5. The number of aromatic nitrogens is 2. The molecule has 1 aromatic heterocycles. The quantitative estimate of drug-likeness (QED) is 0.937. The second-order valence-electron chi connectivity index (χ2n) is 5.38. The molecule has 0 aliphatic heterocycles. The van der Waals surface area contributed by atoms with Crippen LogP contribution in [0.2, 0.25) is 0 Å². The molecule has 0 unspecified atom stereocenters. The van der Waals surface area contributed by atoms with Crippen LogP contribution in [0.25, 0.3) is 11.0 Å². The predicted molar refractivity (Wildman–Crippen MR) is 73.5 cm³/mol. The van der Waals surface area contributed by atoms with E-state index >= 15 is 0 Å². The smallest absolute Gasteiger partial charge is 0.243 e. The first kappa shape index (κ1) is 13.5. The van der Waals surface area contributed by atoms with E-state index in [-0.39, 0.29) is 16.5 Å². The Morgan fingerprint density at radius 1 is 1.25 bits per heavy atom. The minimum atomic E-state index is -3.60. The zero-order valence-electron chi connectivity index (χ0n) is 11.2. The Morgan fingerprint density at radius 2 is 2.05 bits per heavy atom. The number of sulfonamides is 1. The molecule has 0 amide bonds. The Labute approximate surface area is 117 Å². The second kappa shape index (κ2) is 5.14. The summed E-state index contributed by atoms with van der Waals surface area (Å²) >= 11 is 0. The van der Waals surface area contributed by atoms with Gasteiger partial charge in [-0.2, -0.15) is 0 Å². The van der Waals surface area contributed by atoms with Crippen molar-refractivity contribution in [2.24, 2.45) is 5.92 Å². The van der Waals surface area contributed by atoms with Gasteiger partial charge in [0.05, 0.1) is 0 Å². The average Bonchev–Trinajstić information content (AvgIpc) is 2.89. The molecular formula is C13H17N3O3S. The number of hydrogen-bond acceptors (Lipinski definition) is 5. The average molecular weight is 295 g/mol. The number of rotatable bonds is 3. The fourth-order valence-corrected chi connectivity index (χ4v) is 4.28. The molecule has 1 saturated carbocycles. The number of nitrogens with one attached hydrogen (secondary N) is 1. The van der Waals surface area contributed by atoms with E-state index in [1.807, 2.05) is 0 Å². The maximum Gasteiger partial charge on any atom is 0.243 e. The molecule has 1 aromatic carbocycles.